The summed E-state index contributed by atoms with van der Waals surface area (Å²) in [6.45, 7) is 4.21. The lowest BCUT2D eigenvalue weighted by Crippen LogP contribution is -2.27. The molecule has 3 aromatic rings. The van der Waals surface area contributed by atoms with Crippen LogP contribution in [0.2, 0.25) is 0 Å². The molecule has 5 rings (SSSR count). The predicted octanol–water partition coefficient (Wildman–Crippen LogP) is 3.86. The van der Waals surface area contributed by atoms with Crippen LogP contribution in [0.4, 0.5) is 11.6 Å². The van der Waals surface area contributed by atoms with Gasteiger partial charge in [-0.1, -0.05) is 6.42 Å². The summed E-state index contributed by atoms with van der Waals surface area (Å²) in [5, 5.41) is 8.85. The zero-order valence-corrected chi connectivity index (χ0v) is 20.1. The fourth-order valence-electron chi connectivity index (χ4n) is 5.14. The van der Waals surface area contributed by atoms with E-state index in [-0.39, 0.29) is 17.9 Å². The largest absolute Gasteiger partial charge is 0.495 e. The molecule has 0 bridgehead atoms. The number of carbonyl (C=O) groups excluding carboxylic acids is 1. The van der Waals surface area contributed by atoms with Crippen LogP contribution < -0.4 is 10.1 Å². The van der Waals surface area contributed by atoms with Crippen molar-refractivity contribution in [2.75, 3.05) is 32.6 Å². The van der Waals surface area contributed by atoms with Crippen molar-refractivity contribution in [1.82, 2.24) is 24.6 Å². The Morgan fingerprint density at radius 2 is 2.12 bits per heavy atom. The van der Waals surface area contributed by atoms with Gasteiger partial charge in [0.25, 0.3) is 0 Å². The van der Waals surface area contributed by atoms with Gasteiger partial charge in [0.1, 0.15) is 5.75 Å². The SMILES string of the molecule is CCOC(=O)[C@H]1CCC[C@@H](n2ncc3cnc(Nc4cc5c(cc4OC)CCN(C)C5)nc32)C1. The molecule has 9 heteroatoms. The normalized spacial score (nSPS) is 20.7. The molecule has 2 aliphatic rings. The van der Waals surface area contributed by atoms with E-state index in [1.54, 1.807) is 19.5 Å². The lowest BCUT2D eigenvalue weighted by Gasteiger charge is -2.28. The third-order valence-corrected chi connectivity index (χ3v) is 6.92. The first-order valence-electron chi connectivity index (χ1n) is 12.1. The van der Waals surface area contributed by atoms with Gasteiger partial charge < -0.3 is 19.7 Å². The number of esters is 1. The van der Waals surface area contributed by atoms with Crippen molar-refractivity contribution in [3.63, 3.8) is 0 Å². The number of hydrogen-bond acceptors (Lipinski definition) is 8. The Morgan fingerprint density at radius 3 is 2.94 bits per heavy atom. The molecular formula is C25H32N6O3. The second-order valence-corrected chi connectivity index (χ2v) is 9.27. The van der Waals surface area contributed by atoms with E-state index in [2.05, 4.69) is 39.5 Å². The standard InChI is InChI=1S/C25H32N6O3/c1-4-34-24(32)17-6-5-7-20(10-17)31-23-19(14-27-31)13-26-25(29-23)28-21-11-18-15-30(2)9-8-16(18)12-22(21)33-3/h11-14,17,20H,4-10,15H2,1-3H3,(H,26,28,29)/t17-,20+/m0/s1. The minimum Gasteiger partial charge on any atom is -0.495 e. The van der Waals surface area contributed by atoms with E-state index in [0.29, 0.717) is 19.0 Å². The molecule has 0 amide bonds. The van der Waals surface area contributed by atoms with Gasteiger partial charge in [-0.2, -0.15) is 10.1 Å². The average Bonchev–Trinajstić information content (AvgIpc) is 3.27. The number of anilines is 2. The first-order valence-corrected chi connectivity index (χ1v) is 12.1. The van der Waals surface area contributed by atoms with E-state index < -0.39 is 0 Å². The van der Waals surface area contributed by atoms with Crippen LogP contribution >= 0.6 is 0 Å². The maximum atomic E-state index is 12.3. The fourth-order valence-corrected chi connectivity index (χ4v) is 5.14. The number of ether oxygens (including phenoxy) is 2. The molecule has 0 saturated heterocycles. The minimum atomic E-state index is -0.106. The Labute approximate surface area is 199 Å². The van der Waals surface area contributed by atoms with Gasteiger partial charge in [-0.05, 0) is 62.9 Å². The molecule has 0 radical (unpaired) electrons. The molecule has 1 aromatic carbocycles. The highest BCUT2D eigenvalue weighted by Crippen LogP contribution is 2.36. The monoisotopic (exact) mass is 464 g/mol. The number of nitrogens with one attached hydrogen (secondary N) is 1. The van der Waals surface area contributed by atoms with Crippen LogP contribution in [0.25, 0.3) is 11.0 Å². The second-order valence-electron chi connectivity index (χ2n) is 9.27. The Hall–Kier alpha value is -3.20. The molecule has 0 unspecified atom stereocenters. The Bertz CT molecular complexity index is 1190. The van der Waals surface area contributed by atoms with Gasteiger partial charge in [-0.15, -0.1) is 0 Å². The highest BCUT2D eigenvalue weighted by atomic mass is 16.5. The smallest absolute Gasteiger partial charge is 0.308 e. The molecule has 2 aromatic heterocycles. The predicted molar refractivity (Wildman–Crippen MR) is 129 cm³/mol. The summed E-state index contributed by atoms with van der Waals surface area (Å²) in [7, 11) is 3.82. The van der Waals surface area contributed by atoms with Crippen LogP contribution in [0.5, 0.6) is 5.75 Å². The number of carbonyl (C=O) groups is 1. The molecule has 1 aliphatic heterocycles. The molecule has 34 heavy (non-hydrogen) atoms. The molecular weight excluding hydrogens is 432 g/mol. The summed E-state index contributed by atoms with van der Waals surface area (Å²) >= 11 is 0. The van der Waals surface area contributed by atoms with Gasteiger partial charge in [0.05, 0.1) is 42.9 Å². The molecule has 180 valence electrons. The van der Waals surface area contributed by atoms with E-state index in [9.17, 15) is 4.79 Å². The first-order chi connectivity index (χ1) is 16.6. The number of rotatable bonds is 6. The molecule has 1 fully saturated rings. The van der Waals surface area contributed by atoms with Gasteiger partial charge in [0, 0.05) is 19.3 Å². The highest BCUT2D eigenvalue weighted by Gasteiger charge is 2.30. The topological polar surface area (TPSA) is 94.4 Å². The van der Waals surface area contributed by atoms with Gasteiger partial charge in [-0.3, -0.25) is 4.79 Å². The van der Waals surface area contributed by atoms with E-state index in [4.69, 9.17) is 14.5 Å². The van der Waals surface area contributed by atoms with Crippen molar-refractivity contribution in [3.05, 3.63) is 35.7 Å². The van der Waals surface area contributed by atoms with Crippen molar-refractivity contribution in [1.29, 1.82) is 0 Å². The van der Waals surface area contributed by atoms with Crippen LogP contribution in [0, 0.1) is 5.92 Å². The van der Waals surface area contributed by atoms with E-state index >= 15 is 0 Å². The molecule has 2 atom stereocenters. The maximum Gasteiger partial charge on any atom is 0.308 e. The lowest BCUT2D eigenvalue weighted by atomic mass is 9.86. The number of benzene rings is 1. The summed E-state index contributed by atoms with van der Waals surface area (Å²) < 4.78 is 12.9. The average molecular weight is 465 g/mol. The van der Waals surface area contributed by atoms with Gasteiger partial charge in [0.15, 0.2) is 5.65 Å². The lowest BCUT2D eigenvalue weighted by molar-refractivity contribution is -0.149. The molecule has 3 heterocycles. The number of aromatic nitrogens is 4. The van der Waals surface area contributed by atoms with Crippen molar-refractivity contribution in [3.8, 4) is 5.75 Å². The highest BCUT2D eigenvalue weighted by molar-refractivity contribution is 5.76. The summed E-state index contributed by atoms with van der Waals surface area (Å²) in [6, 6.07) is 4.36. The van der Waals surface area contributed by atoms with E-state index in [0.717, 1.165) is 61.2 Å². The molecule has 9 nitrogen and oxygen atoms in total. The van der Waals surface area contributed by atoms with Crippen LogP contribution in [0.3, 0.4) is 0 Å². The van der Waals surface area contributed by atoms with Gasteiger partial charge in [-0.25, -0.2) is 9.67 Å². The third kappa shape index (κ3) is 4.44. The zero-order chi connectivity index (χ0) is 23.7. The van der Waals surface area contributed by atoms with E-state index in [1.807, 2.05) is 11.6 Å². The van der Waals surface area contributed by atoms with Crippen molar-refractivity contribution < 1.29 is 14.3 Å². The van der Waals surface area contributed by atoms with E-state index in [1.165, 1.54) is 11.1 Å². The number of hydrogen-bond donors (Lipinski definition) is 1. The van der Waals surface area contributed by atoms with Crippen molar-refractivity contribution >= 4 is 28.6 Å². The third-order valence-electron chi connectivity index (χ3n) is 6.92. The van der Waals surface area contributed by atoms with Gasteiger partial charge >= 0.3 is 5.97 Å². The number of likely N-dealkylation sites (N-methyl/N-ethyl adjacent to an activating group) is 1. The summed E-state index contributed by atoms with van der Waals surface area (Å²) in [5.41, 5.74) is 4.23. The molecule has 1 N–H and O–H groups in total. The van der Waals surface area contributed by atoms with Crippen molar-refractivity contribution in [2.45, 2.75) is 51.6 Å². The Balaban J connectivity index is 1.42. The number of methoxy groups -OCH3 is 1. The zero-order valence-electron chi connectivity index (χ0n) is 20.1. The van der Waals surface area contributed by atoms with Crippen LogP contribution in [-0.4, -0.2) is 57.9 Å². The number of fused-ring (bicyclic) bond motifs is 2. The molecule has 1 saturated carbocycles. The molecule has 1 aliphatic carbocycles. The van der Waals surface area contributed by atoms with Crippen LogP contribution in [0.1, 0.15) is 49.8 Å². The van der Waals surface area contributed by atoms with Crippen LogP contribution in [-0.2, 0) is 22.5 Å². The second kappa shape index (κ2) is 9.58. The minimum absolute atomic E-state index is 0.0877. The van der Waals surface area contributed by atoms with Gasteiger partial charge in [0.2, 0.25) is 5.95 Å². The quantitative estimate of drug-likeness (QED) is 0.550. The summed E-state index contributed by atoms with van der Waals surface area (Å²) in [6.07, 6.45) is 8.11. The summed E-state index contributed by atoms with van der Waals surface area (Å²) in [5.74, 6) is 1.08. The Kier molecular flexibility index (Phi) is 6.36. The summed E-state index contributed by atoms with van der Waals surface area (Å²) in [4.78, 5) is 24.0. The number of nitrogens with zero attached hydrogens (tertiary/aromatic N) is 5. The maximum absolute atomic E-state index is 12.3. The van der Waals surface area contributed by atoms with Crippen LogP contribution in [0.15, 0.2) is 24.5 Å². The first kappa shape index (κ1) is 22.6. The van der Waals surface area contributed by atoms with Crippen molar-refractivity contribution in [2.24, 2.45) is 5.92 Å². The fraction of sp³-hybridized carbons (Fsp3) is 0.520. The Morgan fingerprint density at radius 1 is 1.24 bits per heavy atom. The molecule has 0 spiro atoms.